The minimum Gasteiger partial charge on any atom is -0.461 e. The van der Waals surface area contributed by atoms with E-state index in [4.69, 9.17) is 23.7 Å². The Balaban J connectivity index is 1.45. The first-order valence-electron chi connectivity index (χ1n) is 15.9. The van der Waals surface area contributed by atoms with Crippen molar-refractivity contribution in [3.05, 3.63) is 71.8 Å². The number of hydrogen-bond donors (Lipinski definition) is 3. The van der Waals surface area contributed by atoms with Crippen LogP contribution in [0.1, 0.15) is 43.7 Å². The molecule has 258 valence electrons. The quantitative estimate of drug-likeness (QED) is 0.0742. The molecule has 46 heavy (non-hydrogen) atoms. The lowest BCUT2D eigenvalue weighted by Crippen LogP contribution is -2.39. The molecule has 0 aliphatic heterocycles. The molecule has 0 spiro atoms. The second kappa shape index (κ2) is 25.2. The van der Waals surface area contributed by atoms with Gasteiger partial charge in [0.1, 0.15) is 19.9 Å². The third kappa shape index (κ3) is 19.5. The fourth-order valence-electron chi connectivity index (χ4n) is 4.31. The van der Waals surface area contributed by atoms with E-state index in [-0.39, 0.29) is 71.2 Å². The van der Waals surface area contributed by atoms with E-state index in [1.807, 2.05) is 72.5 Å². The molecule has 0 bridgehead atoms. The Bertz CT molecular complexity index is 963. The topological polar surface area (TPSA) is 147 Å². The Kier molecular flexibility index (Phi) is 21.5. The third-order valence-electron chi connectivity index (χ3n) is 6.86. The average Bonchev–Trinajstić information content (AvgIpc) is 3.07. The van der Waals surface area contributed by atoms with Crippen molar-refractivity contribution in [1.29, 1.82) is 0 Å². The van der Waals surface area contributed by atoms with Crippen molar-refractivity contribution in [3.63, 3.8) is 0 Å². The highest BCUT2D eigenvalue weighted by Gasteiger charge is 2.14. The summed E-state index contributed by atoms with van der Waals surface area (Å²) in [5.74, 6) is -0.578. The van der Waals surface area contributed by atoms with Gasteiger partial charge in [0, 0.05) is 45.7 Å². The average molecular weight is 649 g/mol. The molecule has 0 heterocycles. The first-order valence-corrected chi connectivity index (χ1v) is 15.9. The van der Waals surface area contributed by atoms with E-state index in [0.29, 0.717) is 52.3 Å². The Hall–Kier alpha value is -2.94. The largest absolute Gasteiger partial charge is 0.461 e. The molecule has 0 saturated heterocycles. The molecule has 0 saturated carbocycles. The van der Waals surface area contributed by atoms with Crippen LogP contribution >= 0.6 is 0 Å². The maximum atomic E-state index is 11.9. The van der Waals surface area contributed by atoms with Crippen LogP contribution in [-0.2, 0) is 46.5 Å². The van der Waals surface area contributed by atoms with Gasteiger partial charge >= 0.3 is 11.9 Å². The van der Waals surface area contributed by atoms with Crippen LogP contribution in [0.2, 0.25) is 0 Å². The number of hydrogen-bond acceptors (Lipinski definition) is 12. The van der Waals surface area contributed by atoms with Gasteiger partial charge in [0.25, 0.3) is 0 Å². The molecule has 12 nitrogen and oxygen atoms in total. The van der Waals surface area contributed by atoms with E-state index < -0.39 is 12.2 Å². The summed E-state index contributed by atoms with van der Waals surface area (Å²) in [6.45, 7) is 5.41. The van der Waals surface area contributed by atoms with Crippen molar-refractivity contribution >= 4 is 11.9 Å². The molecule has 2 unspecified atom stereocenters. The second-order valence-corrected chi connectivity index (χ2v) is 10.9. The number of carbonyl (C=O) groups excluding carboxylic acids is 2. The summed E-state index contributed by atoms with van der Waals surface area (Å²) in [5, 5.41) is 30.2. The maximum absolute atomic E-state index is 11.9. The Morgan fingerprint density at radius 3 is 1.63 bits per heavy atom. The molecule has 0 amide bonds. The van der Waals surface area contributed by atoms with Gasteiger partial charge in [-0.25, -0.2) is 0 Å². The second-order valence-electron chi connectivity index (χ2n) is 10.9. The predicted octanol–water partition coefficient (Wildman–Crippen LogP) is 2.34. The van der Waals surface area contributed by atoms with E-state index in [9.17, 15) is 24.9 Å². The zero-order valence-corrected chi connectivity index (χ0v) is 27.0. The van der Waals surface area contributed by atoms with E-state index in [2.05, 4.69) is 0 Å². The number of nitrogens with zero attached hydrogens (tertiary/aromatic N) is 2. The van der Waals surface area contributed by atoms with Gasteiger partial charge in [0.15, 0.2) is 0 Å². The smallest absolute Gasteiger partial charge is 0.306 e. The monoisotopic (exact) mass is 648 g/mol. The SMILES string of the molecule is CCN(CCOCN(CO)CC(O)COCCCC(=O)OCc1ccccc1)CC(O)COCCCC(=O)OCc1ccccc1. The third-order valence-corrected chi connectivity index (χ3v) is 6.86. The van der Waals surface area contributed by atoms with Crippen molar-refractivity contribution in [2.24, 2.45) is 0 Å². The van der Waals surface area contributed by atoms with Crippen molar-refractivity contribution < 1.29 is 48.6 Å². The van der Waals surface area contributed by atoms with Crippen LogP contribution < -0.4 is 0 Å². The lowest BCUT2D eigenvalue weighted by molar-refractivity contribution is -0.146. The van der Waals surface area contributed by atoms with E-state index in [1.165, 1.54) is 0 Å². The van der Waals surface area contributed by atoms with Gasteiger partial charge in [0.05, 0.1) is 38.8 Å². The molecular formula is C34H52N2O10. The molecule has 3 N–H and O–H groups in total. The molecular weight excluding hydrogens is 596 g/mol. The van der Waals surface area contributed by atoms with Crippen LogP contribution in [-0.4, -0.2) is 122 Å². The molecule has 2 aromatic rings. The number of rotatable bonds is 27. The molecule has 0 aliphatic rings. The van der Waals surface area contributed by atoms with Gasteiger partial charge in [-0.05, 0) is 30.5 Å². The minimum atomic E-state index is -0.831. The molecule has 0 radical (unpaired) electrons. The molecule has 2 atom stereocenters. The summed E-state index contributed by atoms with van der Waals surface area (Å²) < 4.78 is 27.2. The molecule has 0 fully saturated rings. The number of likely N-dealkylation sites (N-methyl/N-ethyl adjacent to an activating group) is 1. The molecule has 12 heteroatoms. The molecule has 0 aromatic heterocycles. The van der Waals surface area contributed by atoms with Gasteiger partial charge < -0.3 is 39.0 Å². The van der Waals surface area contributed by atoms with Crippen LogP contribution in [0, 0.1) is 0 Å². The highest BCUT2D eigenvalue weighted by Crippen LogP contribution is 2.05. The van der Waals surface area contributed by atoms with E-state index in [1.54, 1.807) is 4.90 Å². The summed E-state index contributed by atoms with van der Waals surface area (Å²) in [4.78, 5) is 27.3. The predicted molar refractivity (Wildman–Crippen MR) is 171 cm³/mol. The highest BCUT2D eigenvalue weighted by molar-refractivity contribution is 5.69. The first kappa shape index (κ1) is 39.2. The van der Waals surface area contributed by atoms with Crippen molar-refractivity contribution in [1.82, 2.24) is 9.80 Å². The molecule has 2 aromatic carbocycles. The van der Waals surface area contributed by atoms with Crippen LogP contribution in [0.3, 0.4) is 0 Å². The van der Waals surface area contributed by atoms with Crippen molar-refractivity contribution in [2.45, 2.75) is 58.0 Å². The van der Waals surface area contributed by atoms with Crippen LogP contribution in [0.5, 0.6) is 0 Å². The fraction of sp³-hybridized carbons (Fsp3) is 0.588. The summed E-state index contributed by atoms with van der Waals surface area (Å²) >= 11 is 0. The van der Waals surface area contributed by atoms with E-state index in [0.717, 1.165) is 11.1 Å². The van der Waals surface area contributed by atoms with Crippen LogP contribution in [0.25, 0.3) is 0 Å². The lowest BCUT2D eigenvalue weighted by atomic mass is 10.2. The summed E-state index contributed by atoms with van der Waals surface area (Å²) in [5.41, 5.74) is 1.87. The van der Waals surface area contributed by atoms with E-state index >= 15 is 0 Å². The zero-order chi connectivity index (χ0) is 33.2. The van der Waals surface area contributed by atoms with Gasteiger partial charge in [-0.2, -0.15) is 0 Å². The Morgan fingerprint density at radius 1 is 0.696 bits per heavy atom. The minimum absolute atomic E-state index is 0.0669. The van der Waals surface area contributed by atoms with Crippen LogP contribution in [0.4, 0.5) is 0 Å². The first-order chi connectivity index (χ1) is 22.4. The maximum Gasteiger partial charge on any atom is 0.306 e. The van der Waals surface area contributed by atoms with Gasteiger partial charge in [-0.1, -0.05) is 67.6 Å². The number of aliphatic hydroxyl groups is 3. The van der Waals surface area contributed by atoms with Crippen molar-refractivity contribution in [2.75, 3.05) is 72.7 Å². The zero-order valence-electron chi connectivity index (χ0n) is 27.0. The summed E-state index contributed by atoms with van der Waals surface area (Å²) in [6.07, 6.45) is -0.0402. The normalized spacial score (nSPS) is 12.7. The Labute approximate surface area is 272 Å². The molecule has 2 rings (SSSR count). The van der Waals surface area contributed by atoms with Crippen molar-refractivity contribution in [3.8, 4) is 0 Å². The number of benzene rings is 2. The Morgan fingerprint density at radius 2 is 1.17 bits per heavy atom. The highest BCUT2D eigenvalue weighted by atomic mass is 16.5. The fourth-order valence-corrected chi connectivity index (χ4v) is 4.31. The number of esters is 2. The van der Waals surface area contributed by atoms with Gasteiger partial charge in [0.2, 0.25) is 0 Å². The standard InChI is InChI=1S/C34H52N2O10/c1-2-35(21-31(38)25-42-18-9-15-33(40)45-23-29-11-5-3-6-12-29)17-20-44-28-36(27-37)22-32(39)26-43-19-10-16-34(41)46-24-30-13-7-4-8-14-30/h3-8,11-14,31-32,37-39H,2,9-10,15-28H2,1H3. The number of carbonyl (C=O) groups is 2. The number of ether oxygens (including phenoxy) is 5. The number of aliphatic hydroxyl groups excluding tert-OH is 3. The van der Waals surface area contributed by atoms with Gasteiger partial charge in [-0.3, -0.25) is 19.4 Å². The summed E-state index contributed by atoms with van der Waals surface area (Å²) in [6, 6.07) is 19.0. The van der Waals surface area contributed by atoms with Gasteiger partial charge in [-0.15, -0.1) is 0 Å². The molecule has 0 aliphatic carbocycles. The van der Waals surface area contributed by atoms with Crippen LogP contribution in [0.15, 0.2) is 60.7 Å². The lowest BCUT2D eigenvalue weighted by Gasteiger charge is -2.25. The summed E-state index contributed by atoms with van der Waals surface area (Å²) in [7, 11) is 0.